The van der Waals surface area contributed by atoms with Crippen LogP contribution in [0.4, 0.5) is 11.5 Å². The van der Waals surface area contributed by atoms with Gasteiger partial charge in [-0.3, -0.25) is 14.6 Å². The van der Waals surface area contributed by atoms with Crippen molar-refractivity contribution in [2.24, 2.45) is 0 Å². The Morgan fingerprint density at radius 3 is 2.45 bits per heavy atom. The van der Waals surface area contributed by atoms with Crippen LogP contribution in [0.15, 0.2) is 59.0 Å². The van der Waals surface area contributed by atoms with E-state index in [9.17, 15) is 13.2 Å². The molecule has 0 fully saturated rings. The van der Waals surface area contributed by atoms with Crippen LogP contribution < -0.4 is 10.0 Å². The van der Waals surface area contributed by atoms with Crippen LogP contribution in [0.2, 0.25) is 0 Å². The number of allylic oxidation sites excluding steroid dienone is 1. The molecule has 7 nitrogen and oxygen atoms in total. The first-order valence-corrected chi connectivity index (χ1v) is 10.5. The fourth-order valence-corrected chi connectivity index (χ4v) is 4.28. The quantitative estimate of drug-likeness (QED) is 0.569. The number of carbonyl (C=O) groups is 1. The molecule has 0 saturated heterocycles. The fraction of sp³-hybridized carbons (Fsp3) is 0.143. The summed E-state index contributed by atoms with van der Waals surface area (Å²) in [4.78, 5) is 12.2. The zero-order valence-electron chi connectivity index (χ0n) is 16.2. The van der Waals surface area contributed by atoms with Gasteiger partial charge in [0.05, 0.1) is 10.6 Å². The minimum absolute atomic E-state index is 0.0615. The molecule has 0 bridgehead atoms. The largest absolute Gasteiger partial charge is 0.321 e. The highest BCUT2D eigenvalue weighted by Gasteiger charge is 2.27. The highest BCUT2D eigenvalue weighted by molar-refractivity contribution is 7.92. The SMILES string of the molecule is CC(C)=C1C(=O)Nc2ccc(S(=O)(=O)Nc3cc(-c4ccc(C)cc4)[nH]n3)cc21. The molecule has 1 aliphatic heterocycles. The van der Waals surface area contributed by atoms with Gasteiger partial charge in [0.25, 0.3) is 15.9 Å². The number of nitrogens with one attached hydrogen (secondary N) is 3. The Labute approximate surface area is 168 Å². The van der Waals surface area contributed by atoms with E-state index < -0.39 is 10.0 Å². The monoisotopic (exact) mass is 408 g/mol. The Morgan fingerprint density at radius 2 is 1.76 bits per heavy atom. The molecule has 1 aliphatic rings. The number of nitrogens with zero attached hydrogens (tertiary/aromatic N) is 1. The number of carbonyl (C=O) groups excluding carboxylic acids is 1. The first kappa shape index (κ1) is 18.9. The highest BCUT2D eigenvalue weighted by atomic mass is 32.2. The molecule has 3 N–H and O–H groups in total. The Hall–Kier alpha value is -3.39. The molecule has 0 aliphatic carbocycles. The molecule has 4 rings (SSSR count). The van der Waals surface area contributed by atoms with Gasteiger partial charge in [-0.25, -0.2) is 8.42 Å². The zero-order valence-corrected chi connectivity index (χ0v) is 17.0. The number of fused-ring (bicyclic) bond motifs is 1. The lowest BCUT2D eigenvalue weighted by Crippen LogP contribution is -2.13. The van der Waals surface area contributed by atoms with Crippen molar-refractivity contribution in [2.75, 3.05) is 10.0 Å². The molecule has 0 radical (unpaired) electrons. The van der Waals surface area contributed by atoms with E-state index in [1.54, 1.807) is 12.1 Å². The molecule has 0 atom stereocenters. The number of hydrogen-bond acceptors (Lipinski definition) is 4. The Balaban J connectivity index is 1.63. The summed E-state index contributed by atoms with van der Waals surface area (Å²) < 4.78 is 28.2. The smallest absolute Gasteiger partial charge is 0.263 e. The van der Waals surface area contributed by atoms with Gasteiger partial charge in [-0.15, -0.1) is 0 Å². The van der Waals surface area contributed by atoms with Gasteiger partial charge in [0.1, 0.15) is 0 Å². The molecule has 2 aromatic carbocycles. The van der Waals surface area contributed by atoms with Crippen molar-refractivity contribution < 1.29 is 13.2 Å². The van der Waals surface area contributed by atoms with Crippen molar-refractivity contribution in [3.05, 3.63) is 65.2 Å². The summed E-state index contributed by atoms with van der Waals surface area (Å²) in [5.74, 6) is -0.0322. The molecule has 3 aromatic rings. The van der Waals surface area contributed by atoms with Crippen molar-refractivity contribution >= 4 is 33.0 Å². The van der Waals surface area contributed by atoms with E-state index in [0.717, 1.165) is 16.7 Å². The van der Waals surface area contributed by atoms with E-state index in [1.165, 1.54) is 12.1 Å². The number of sulfonamides is 1. The first-order chi connectivity index (χ1) is 13.7. The van der Waals surface area contributed by atoms with Crippen molar-refractivity contribution in [1.82, 2.24) is 10.2 Å². The summed E-state index contributed by atoms with van der Waals surface area (Å²) >= 11 is 0. The molecule has 1 amide bonds. The molecular weight excluding hydrogens is 388 g/mol. The van der Waals surface area contributed by atoms with Crippen molar-refractivity contribution in [3.63, 3.8) is 0 Å². The molecule has 2 heterocycles. The van der Waals surface area contributed by atoms with Crippen LogP contribution in [0, 0.1) is 6.92 Å². The molecule has 1 aromatic heterocycles. The van der Waals surface area contributed by atoms with Gasteiger partial charge in [0, 0.05) is 22.9 Å². The van der Waals surface area contributed by atoms with Gasteiger partial charge in [-0.05, 0) is 44.5 Å². The number of benzene rings is 2. The average Bonchev–Trinajstić information content (AvgIpc) is 3.24. The maximum absolute atomic E-state index is 12.9. The predicted octanol–water partition coefficient (Wildman–Crippen LogP) is 3.93. The van der Waals surface area contributed by atoms with E-state index >= 15 is 0 Å². The summed E-state index contributed by atoms with van der Waals surface area (Å²) in [7, 11) is -3.87. The number of aryl methyl sites for hydroxylation is 1. The second kappa shape index (κ2) is 6.89. The molecular formula is C21H20N4O3S. The van der Waals surface area contributed by atoms with E-state index in [0.29, 0.717) is 22.5 Å². The second-order valence-electron chi connectivity index (χ2n) is 7.17. The summed E-state index contributed by atoms with van der Waals surface area (Å²) in [5, 5.41) is 9.66. The molecule has 0 saturated carbocycles. The third-order valence-corrected chi connectivity index (χ3v) is 6.08. The molecule has 0 unspecified atom stereocenters. The number of amides is 1. The summed E-state index contributed by atoms with van der Waals surface area (Å²) in [6, 6.07) is 14.0. The lowest BCUT2D eigenvalue weighted by atomic mass is 10.0. The molecule has 0 spiro atoms. The van der Waals surface area contributed by atoms with Crippen LogP contribution in [0.5, 0.6) is 0 Å². The van der Waals surface area contributed by atoms with Crippen LogP contribution >= 0.6 is 0 Å². The summed E-state index contributed by atoms with van der Waals surface area (Å²) in [5.41, 5.74) is 5.25. The topological polar surface area (TPSA) is 104 Å². The lowest BCUT2D eigenvalue weighted by molar-refractivity contribution is -0.110. The van der Waals surface area contributed by atoms with Crippen LogP contribution in [-0.2, 0) is 14.8 Å². The Bertz CT molecular complexity index is 1250. The van der Waals surface area contributed by atoms with Crippen LogP contribution in [0.3, 0.4) is 0 Å². The minimum Gasteiger partial charge on any atom is -0.321 e. The van der Waals surface area contributed by atoms with Gasteiger partial charge in [0.15, 0.2) is 5.82 Å². The first-order valence-electron chi connectivity index (χ1n) is 9.03. The van der Waals surface area contributed by atoms with E-state index in [2.05, 4.69) is 20.2 Å². The number of hydrogen-bond donors (Lipinski definition) is 3. The Kier molecular flexibility index (Phi) is 4.50. The third kappa shape index (κ3) is 3.54. The average molecular weight is 408 g/mol. The van der Waals surface area contributed by atoms with E-state index in [1.807, 2.05) is 45.0 Å². The van der Waals surface area contributed by atoms with Gasteiger partial charge >= 0.3 is 0 Å². The highest BCUT2D eigenvalue weighted by Crippen LogP contribution is 2.35. The molecule has 148 valence electrons. The minimum atomic E-state index is -3.87. The third-order valence-electron chi connectivity index (χ3n) is 4.73. The summed E-state index contributed by atoms with van der Waals surface area (Å²) in [6.45, 7) is 5.64. The van der Waals surface area contributed by atoms with E-state index in [-0.39, 0.29) is 16.6 Å². The van der Waals surface area contributed by atoms with Gasteiger partial charge in [-0.1, -0.05) is 35.4 Å². The number of H-pyrrole nitrogens is 1. The summed E-state index contributed by atoms with van der Waals surface area (Å²) in [6.07, 6.45) is 0. The van der Waals surface area contributed by atoms with Gasteiger partial charge in [-0.2, -0.15) is 5.10 Å². The number of aromatic nitrogens is 2. The Morgan fingerprint density at radius 1 is 1.03 bits per heavy atom. The van der Waals surface area contributed by atoms with Crippen LogP contribution in [-0.4, -0.2) is 24.5 Å². The standard InChI is InChI=1S/C21H20N4O3S/c1-12(2)20-16-10-15(8-9-17(16)22-21(20)26)29(27,28)25-19-11-18(23-24-19)14-6-4-13(3)5-7-14/h4-11H,1-3H3,(H,22,26)(H2,23,24,25). The van der Waals surface area contributed by atoms with Crippen LogP contribution in [0.25, 0.3) is 16.8 Å². The van der Waals surface area contributed by atoms with E-state index in [4.69, 9.17) is 0 Å². The number of rotatable bonds is 4. The fourth-order valence-electron chi connectivity index (χ4n) is 3.26. The number of anilines is 2. The molecule has 8 heteroatoms. The van der Waals surface area contributed by atoms with Crippen LogP contribution in [0.1, 0.15) is 25.0 Å². The van der Waals surface area contributed by atoms with Gasteiger partial charge < -0.3 is 5.32 Å². The van der Waals surface area contributed by atoms with Crippen molar-refractivity contribution in [3.8, 4) is 11.3 Å². The molecule has 29 heavy (non-hydrogen) atoms. The lowest BCUT2D eigenvalue weighted by Gasteiger charge is -2.07. The predicted molar refractivity (Wildman–Crippen MR) is 113 cm³/mol. The van der Waals surface area contributed by atoms with Crippen molar-refractivity contribution in [2.45, 2.75) is 25.7 Å². The van der Waals surface area contributed by atoms with Crippen molar-refractivity contribution in [1.29, 1.82) is 0 Å². The van der Waals surface area contributed by atoms with Gasteiger partial charge in [0.2, 0.25) is 0 Å². The normalized spacial score (nSPS) is 13.2. The second-order valence-corrected chi connectivity index (χ2v) is 8.86. The maximum atomic E-state index is 12.9. The zero-order chi connectivity index (χ0) is 20.8. The number of aromatic amines is 1. The maximum Gasteiger partial charge on any atom is 0.263 e.